The number of methoxy groups -OCH3 is 2. The van der Waals surface area contributed by atoms with Gasteiger partial charge in [-0.2, -0.15) is 0 Å². The third kappa shape index (κ3) is 3.61. The van der Waals surface area contributed by atoms with Crippen LogP contribution < -0.4 is 14.8 Å². The van der Waals surface area contributed by atoms with Crippen molar-refractivity contribution in [1.82, 2.24) is 0 Å². The number of halogens is 1. The number of anilines is 1. The second kappa shape index (κ2) is 6.72. The van der Waals surface area contributed by atoms with Crippen LogP contribution in [0.5, 0.6) is 11.5 Å². The van der Waals surface area contributed by atoms with Gasteiger partial charge in [0.25, 0.3) is 0 Å². The van der Waals surface area contributed by atoms with Gasteiger partial charge in [0.1, 0.15) is 11.5 Å². The molecule has 2 aromatic carbocycles. The molecule has 0 aliphatic heterocycles. The Labute approximate surface area is 130 Å². The summed E-state index contributed by atoms with van der Waals surface area (Å²) in [5.74, 6) is 1.63. The van der Waals surface area contributed by atoms with Crippen LogP contribution in [0.3, 0.4) is 0 Å². The van der Waals surface area contributed by atoms with Gasteiger partial charge in [0.2, 0.25) is 0 Å². The minimum atomic E-state index is 0.0597. The normalized spacial score (nSPS) is 11.9. The van der Waals surface area contributed by atoms with Crippen LogP contribution in [-0.2, 0) is 0 Å². The molecule has 2 rings (SSSR count). The predicted octanol–water partition coefficient (Wildman–Crippen LogP) is 4.84. The largest absolute Gasteiger partial charge is 0.497 e. The highest BCUT2D eigenvalue weighted by Gasteiger charge is 2.13. The average molecular weight is 306 g/mol. The quantitative estimate of drug-likeness (QED) is 0.857. The van der Waals surface area contributed by atoms with Gasteiger partial charge in [0.05, 0.1) is 31.0 Å². The molecule has 0 amide bonds. The summed E-state index contributed by atoms with van der Waals surface area (Å²) in [5, 5.41) is 4.07. The van der Waals surface area contributed by atoms with E-state index in [1.54, 1.807) is 14.2 Å². The average Bonchev–Trinajstić information content (AvgIpc) is 2.49. The van der Waals surface area contributed by atoms with Crippen molar-refractivity contribution in [1.29, 1.82) is 0 Å². The Balaban J connectivity index is 2.29. The maximum atomic E-state index is 6.24. The molecule has 0 aliphatic rings. The van der Waals surface area contributed by atoms with Crippen LogP contribution >= 0.6 is 11.6 Å². The molecular formula is C17H20ClNO2. The van der Waals surface area contributed by atoms with Crippen molar-refractivity contribution in [2.45, 2.75) is 19.9 Å². The lowest BCUT2D eigenvalue weighted by Gasteiger charge is -2.20. The Bertz CT molecular complexity index is 628. The number of hydrogen-bond acceptors (Lipinski definition) is 3. The van der Waals surface area contributed by atoms with Crippen LogP contribution in [0, 0.1) is 6.92 Å². The molecule has 0 saturated heterocycles. The minimum Gasteiger partial charge on any atom is -0.497 e. The van der Waals surface area contributed by atoms with Gasteiger partial charge in [-0.05, 0) is 32.0 Å². The molecule has 0 bridgehead atoms. The molecule has 1 unspecified atom stereocenters. The molecule has 0 heterocycles. The molecular weight excluding hydrogens is 286 g/mol. The number of nitrogens with one attached hydrogen (secondary N) is 1. The van der Waals surface area contributed by atoms with Gasteiger partial charge in [-0.15, -0.1) is 0 Å². The van der Waals surface area contributed by atoms with E-state index in [0.717, 1.165) is 22.7 Å². The monoisotopic (exact) mass is 305 g/mol. The first-order valence-electron chi connectivity index (χ1n) is 6.79. The van der Waals surface area contributed by atoms with E-state index in [1.165, 1.54) is 5.56 Å². The first-order valence-corrected chi connectivity index (χ1v) is 7.17. The van der Waals surface area contributed by atoms with Crippen molar-refractivity contribution in [2.24, 2.45) is 0 Å². The number of ether oxygens (including phenoxy) is 2. The fourth-order valence-corrected chi connectivity index (χ4v) is 2.42. The Morgan fingerprint density at radius 1 is 1.05 bits per heavy atom. The summed E-state index contributed by atoms with van der Waals surface area (Å²) < 4.78 is 10.7. The van der Waals surface area contributed by atoms with Crippen LogP contribution in [0.25, 0.3) is 0 Å². The lowest BCUT2D eigenvalue weighted by Crippen LogP contribution is -2.09. The zero-order chi connectivity index (χ0) is 15.4. The standard InChI is InChI=1S/C17H20ClNO2/c1-11-5-8-17(21-4)14(9-11)12(2)19-16-10-13(20-3)6-7-15(16)18/h5-10,12,19H,1-4H3. The second-order valence-corrected chi connectivity index (χ2v) is 5.36. The highest BCUT2D eigenvalue weighted by atomic mass is 35.5. The molecule has 3 nitrogen and oxygen atoms in total. The third-order valence-corrected chi connectivity index (χ3v) is 3.73. The van der Waals surface area contributed by atoms with E-state index < -0.39 is 0 Å². The molecule has 2 aromatic rings. The van der Waals surface area contributed by atoms with Gasteiger partial charge in [-0.3, -0.25) is 0 Å². The second-order valence-electron chi connectivity index (χ2n) is 4.96. The maximum absolute atomic E-state index is 6.24. The van der Waals surface area contributed by atoms with Gasteiger partial charge in [-0.1, -0.05) is 29.3 Å². The summed E-state index contributed by atoms with van der Waals surface area (Å²) in [6.07, 6.45) is 0. The fourth-order valence-electron chi connectivity index (χ4n) is 2.25. The number of aryl methyl sites for hydroxylation is 1. The van der Waals surface area contributed by atoms with E-state index in [0.29, 0.717) is 5.02 Å². The molecule has 1 atom stereocenters. The molecule has 4 heteroatoms. The summed E-state index contributed by atoms with van der Waals surface area (Å²) >= 11 is 6.24. The first kappa shape index (κ1) is 15.5. The maximum Gasteiger partial charge on any atom is 0.124 e. The Kier molecular flexibility index (Phi) is 4.97. The topological polar surface area (TPSA) is 30.5 Å². The summed E-state index contributed by atoms with van der Waals surface area (Å²) in [7, 11) is 3.32. The molecule has 0 fully saturated rings. The molecule has 0 aromatic heterocycles. The fraction of sp³-hybridized carbons (Fsp3) is 0.294. The van der Waals surface area contributed by atoms with E-state index in [2.05, 4.69) is 25.2 Å². The highest BCUT2D eigenvalue weighted by Crippen LogP contribution is 2.33. The SMILES string of the molecule is COc1ccc(Cl)c(NC(C)c2cc(C)ccc2OC)c1. The number of hydrogen-bond donors (Lipinski definition) is 1. The zero-order valence-corrected chi connectivity index (χ0v) is 13.5. The molecule has 0 spiro atoms. The van der Waals surface area contributed by atoms with Gasteiger partial charge >= 0.3 is 0 Å². The van der Waals surface area contributed by atoms with Crippen molar-refractivity contribution < 1.29 is 9.47 Å². The number of benzene rings is 2. The van der Waals surface area contributed by atoms with Gasteiger partial charge in [0, 0.05) is 11.6 Å². The smallest absolute Gasteiger partial charge is 0.124 e. The van der Waals surface area contributed by atoms with Crippen LogP contribution in [0.15, 0.2) is 36.4 Å². The van der Waals surface area contributed by atoms with E-state index in [9.17, 15) is 0 Å². The molecule has 0 aliphatic carbocycles. The molecule has 21 heavy (non-hydrogen) atoms. The van der Waals surface area contributed by atoms with E-state index in [-0.39, 0.29) is 6.04 Å². The van der Waals surface area contributed by atoms with Crippen LogP contribution in [0.2, 0.25) is 5.02 Å². The van der Waals surface area contributed by atoms with E-state index in [4.69, 9.17) is 21.1 Å². The van der Waals surface area contributed by atoms with Crippen molar-refractivity contribution >= 4 is 17.3 Å². The Morgan fingerprint density at radius 3 is 2.48 bits per heavy atom. The lowest BCUT2D eigenvalue weighted by atomic mass is 10.0. The summed E-state index contributed by atoms with van der Waals surface area (Å²) in [5.41, 5.74) is 3.12. The van der Waals surface area contributed by atoms with Gasteiger partial charge < -0.3 is 14.8 Å². The summed E-state index contributed by atoms with van der Waals surface area (Å²) in [6, 6.07) is 11.7. The minimum absolute atomic E-state index is 0.0597. The van der Waals surface area contributed by atoms with Crippen LogP contribution in [-0.4, -0.2) is 14.2 Å². The van der Waals surface area contributed by atoms with Gasteiger partial charge in [0.15, 0.2) is 0 Å². The van der Waals surface area contributed by atoms with Crippen molar-refractivity contribution in [3.8, 4) is 11.5 Å². The van der Waals surface area contributed by atoms with Gasteiger partial charge in [-0.25, -0.2) is 0 Å². The van der Waals surface area contributed by atoms with Crippen molar-refractivity contribution in [3.05, 3.63) is 52.5 Å². The third-order valence-electron chi connectivity index (χ3n) is 3.40. The van der Waals surface area contributed by atoms with Crippen molar-refractivity contribution in [2.75, 3.05) is 19.5 Å². The van der Waals surface area contributed by atoms with Crippen LogP contribution in [0.1, 0.15) is 24.1 Å². The zero-order valence-electron chi connectivity index (χ0n) is 12.7. The lowest BCUT2D eigenvalue weighted by molar-refractivity contribution is 0.407. The first-order chi connectivity index (χ1) is 10.0. The molecule has 0 radical (unpaired) electrons. The molecule has 112 valence electrons. The van der Waals surface area contributed by atoms with Crippen LogP contribution in [0.4, 0.5) is 5.69 Å². The van der Waals surface area contributed by atoms with E-state index >= 15 is 0 Å². The highest BCUT2D eigenvalue weighted by molar-refractivity contribution is 6.33. The Morgan fingerprint density at radius 2 is 1.81 bits per heavy atom. The predicted molar refractivity (Wildman–Crippen MR) is 87.8 cm³/mol. The summed E-state index contributed by atoms with van der Waals surface area (Å²) in [6.45, 7) is 4.14. The van der Waals surface area contributed by atoms with E-state index in [1.807, 2.05) is 30.3 Å². The molecule has 0 saturated carbocycles. The Hall–Kier alpha value is -1.87. The molecule has 1 N–H and O–H groups in total. The van der Waals surface area contributed by atoms with Crippen molar-refractivity contribution in [3.63, 3.8) is 0 Å². The number of rotatable bonds is 5. The summed E-state index contributed by atoms with van der Waals surface area (Å²) in [4.78, 5) is 0.